The minimum Gasteiger partial charge on any atom is -0.481 e. The Balaban J connectivity index is 1.66. The van der Waals surface area contributed by atoms with E-state index in [0.29, 0.717) is 16.6 Å². The molecule has 1 aliphatic heterocycles. The van der Waals surface area contributed by atoms with Gasteiger partial charge in [0.25, 0.3) is 5.91 Å². The molecule has 1 aliphatic rings. The predicted octanol–water partition coefficient (Wildman–Crippen LogP) is 2.29. The maximum Gasteiger partial charge on any atom is 0.305 e. The Bertz CT molecular complexity index is 1180. The van der Waals surface area contributed by atoms with Crippen molar-refractivity contribution in [1.82, 2.24) is 19.8 Å². The van der Waals surface area contributed by atoms with E-state index in [-0.39, 0.29) is 24.7 Å². The molecule has 3 aromatic rings. The van der Waals surface area contributed by atoms with Crippen LogP contribution in [0.5, 0.6) is 0 Å². The summed E-state index contributed by atoms with van der Waals surface area (Å²) < 4.78 is 2.17. The first-order valence-electron chi connectivity index (χ1n) is 11.1. The van der Waals surface area contributed by atoms with Crippen LogP contribution in [0.1, 0.15) is 35.2 Å². The summed E-state index contributed by atoms with van der Waals surface area (Å²) in [5.41, 5.74) is 9.23. The fraction of sp³-hybridized carbons (Fsp3) is 0.333. The molecule has 1 aromatic heterocycles. The Labute approximate surface area is 191 Å². The molecular formula is C24H28N6O3. The Morgan fingerprint density at radius 2 is 1.76 bits per heavy atom. The number of carbonyl (C=O) groups is 2. The number of carboxylic acid groups (broad SMARTS) is 1. The lowest BCUT2D eigenvalue weighted by Gasteiger charge is -2.17. The van der Waals surface area contributed by atoms with E-state index < -0.39 is 5.97 Å². The van der Waals surface area contributed by atoms with Crippen molar-refractivity contribution in [1.29, 1.82) is 5.41 Å². The van der Waals surface area contributed by atoms with Crippen LogP contribution in [0.15, 0.2) is 42.5 Å². The molecule has 9 heteroatoms. The normalized spacial score (nSPS) is 13.9. The predicted molar refractivity (Wildman–Crippen MR) is 126 cm³/mol. The average Bonchev–Trinajstić information content (AvgIpc) is 3.44. The number of hydrogen-bond acceptors (Lipinski definition) is 5. The van der Waals surface area contributed by atoms with E-state index in [4.69, 9.17) is 21.2 Å². The van der Waals surface area contributed by atoms with Gasteiger partial charge in [0.05, 0.1) is 17.5 Å². The molecule has 4 rings (SSSR count). The van der Waals surface area contributed by atoms with Gasteiger partial charge in [-0.15, -0.1) is 0 Å². The number of nitrogens with two attached hydrogens (primary N) is 1. The number of fused-ring (bicyclic) bond motifs is 1. The molecular weight excluding hydrogens is 420 g/mol. The van der Waals surface area contributed by atoms with E-state index in [1.165, 1.54) is 12.8 Å². The number of amidine groups is 1. The largest absolute Gasteiger partial charge is 0.481 e. The Kier molecular flexibility index (Phi) is 6.69. The number of nitrogens with one attached hydrogen (secondary N) is 2. The van der Waals surface area contributed by atoms with Crippen molar-refractivity contribution >= 4 is 28.7 Å². The molecule has 0 bridgehead atoms. The third kappa shape index (κ3) is 5.20. The molecule has 2 aromatic carbocycles. The summed E-state index contributed by atoms with van der Waals surface area (Å²) in [7, 11) is 0. The number of rotatable bonds is 9. The molecule has 0 saturated carbocycles. The molecule has 0 aliphatic carbocycles. The van der Waals surface area contributed by atoms with E-state index in [0.717, 1.165) is 43.1 Å². The summed E-state index contributed by atoms with van der Waals surface area (Å²) in [5, 5.41) is 19.0. The molecule has 172 valence electrons. The molecule has 0 radical (unpaired) electrons. The number of nitrogens with zero attached hydrogens (tertiary/aromatic N) is 3. The molecule has 0 unspecified atom stereocenters. The quantitative estimate of drug-likeness (QED) is 0.293. The summed E-state index contributed by atoms with van der Waals surface area (Å²) in [6, 6.07) is 12.8. The van der Waals surface area contributed by atoms with Crippen molar-refractivity contribution in [2.75, 3.05) is 26.2 Å². The standard InChI is InChI=1S/C24H28N6O3/c25-22(26)16-3-5-17(6-4-16)23-28-19-15-18(24(33)27-10-9-21(31)32)7-8-20(19)30(23)14-13-29-11-1-2-12-29/h3-8,15H,1-2,9-14H2,(H3,25,26)(H,27,33)(H,31,32). The third-order valence-corrected chi connectivity index (χ3v) is 5.93. The Morgan fingerprint density at radius 3 is 2.42 bits per heavy atom. The first kappa shape index (κ1) is 22.5. The molecule has 2 heterocycles. The van der Waals surface area contributed by atoms with Gasteiger partial charge in [0.15, 0.2) is 0 Å². The molecule has 1 saturated heterocycles. The molecule has 1 amide bonds. The van der Waals surface area contributed by atoms with Crippen molar-refractivity contribution in [3.63, 3.8) is 0 Å². The number of carbonyl (C=O) groups excluding carboxylic acids is 1. The number of hydrogen-bond donors (Lipinski definition) is 4. The topological polar surface area (TPSA) is 137 Å². The number of imidazole rings is 1. The Morgan fingerprint density at radius 1 is 1.06 bits per heavy atom. The lowest BCUT2D eigenvalue weighted by Crippen LogP contribution is -2.26. The van der Waals surface area contributed by atoms with Crippen LogP contribution >= 0.6 is 0 Å². The second-order valence-electron chi connectivity index (χ2n) is 8.23. The fourth-order valence-corrected chi connectivity index (χ4v) is 4.15. The highest BCUT2D eigenvalue weighted by molar-refractivity contribution is 5.98. The minimum atomic E-state index is -0.956. The van der Waals surface area contributed by atoms with E-state index in [1.54, 1.807) is 12.1 Å². The monoisotopic (exact) mass is 448 g/mol. The second kappa shape index (κ2) is 9.83. The number of carboxylic acids is 1. The molecule has 5 N–H and O–H groups in total. The molecule has 9 nitrogen and oxygen atoms in total. The van der Waals surface area contributed by atoms with Crippen LogP contribution in [-0.4, -0.2) is 63.4 Å². The van der Waals surface area contributed by atoms with Crippen molar-refractivity contribution in [2.45, 2.75) is 25.8 Å². The number of aliphatic carboxylic acids is 1. The van der Waals surface area contributed by atoms with Gasteiger partial charge in [-0.25, -0.2) is 4.98 Å². The van der Waals surface area contributed by atoms with Gasteiger partial charge in [-0.05, 0) is 44.1 Å². The first-order chi connectivity index (χ1) is 15.9. The second-order valence-corrected chi connectivity index (χ2v) is 8.23. The van der Waals surface area contributed by atoms with Crippen LogP contribution in [0.25, 0.3) is 22.4 Å². The van der Waals surface area contributed by atoms with Crippen molar-refractivity contribution in [3.05, 3.63) is 53.6 Å². The van der Waals surface area contributed by atoms with Gasteiger partial charge in [0, 0.05) is 36.3 Å². The van der Waals surface area contributed by atoms with Gasteiger partial charge in [-0.1, -0.05) is 24.3 Å². The highest BCUT2D eigenvalue weighted by Gasteiger charge is 2.17. The van der Waals surface area contributed by atoms with Crippen molar-refractivity contribution in [3.8, 4) is 11.4 Å². The van der Waals surface area contributed by atoms with Crippen LogP contribution < -0.4 is 11.1 Å². The summed E-state index contributed by atoms with van der Waals surface area (Å²) in [5.74, 6) is -0.467. The van der Waals surface area contributed by atoms with Crippen molar-refractivity contribution in [2.24, 2.45) is 5.73 Å². The zero-order valence-corrected chi connectivity index (χ0v) is 18.4. The summed E-state index contributed by atoms with van der Waals surface area (Å²) in [6.07, 6.45) is 2.33. The smallest absolute Gasteiger partial charge is 0.305 e. The summed E-state index contributed by atoms with van der Waals surface area (Å²) >= 11 is 0. The van der Waals surface area contributed by atoms with Gasteiger partial charge in [0.1, 0.15) is 11.7 Å². The third-order valence-electron chi connectivity index (χ3n) is 5.93. The molecule has 0 atom stereocenters. The number of likely N-dealkylation sites (tertiary alicyclic amines) is 1. The SMILES string of the molecule is N=C(N)c1ccc(-c2nc3cc(C(=O)NCCC(=O)O)ccc3n2CCN2CCCC2)cc1. The lowest BCUT2D eigenvalue weighted by molar-refractivity contribution is -0.136. The van der Waals surface area contributed by atoms with Gasteiger partial charge >= 0.3 is 5.97 Å². The van der Waals surface area contributed by atoms with E-state index in [9.17, 15) is 9.59 Å². The zero-order valence-electron chi connectivity index (χ0n) is 18.4. The van der Waals surface area contributed by atoms with Crippen LogP contribution in [0.2, 0.25) is 0 Å². The van der Waals surface area contributed by atoms with Gasteiger partial charge in [-0.2, -0.15) is 0 Å². The van der Waals surface area contributed by atoms with Crippen LogP contribution in [0.4, 0.5) is 0 Å². The van der Waals surface area contributed by atoms with Gasteiger partial charge < -0.3 is 25.6 Å². The maximum atomic E-state index is 12.5. The maximum absolute atomic E-state index is 12.5. The lowest BCUT2D eigenvalue weighted by atomic mass is 10.1. The summed E-state index contributed by atoms with van der Waals surface area (Å²) in [4.78, 5) is 30.4. The average molecular weight is 449 g/mol. The van der Waals surface area contributed by atoms with E-state index >= 15 is 0 Å². The first-order valence-corrected chi connectivity index (χ1v) is 11.1. The fourth-order valence-electron chi connectivity index (χ4n) is 4.15. The summed E-state index contributed by atoms with van der Waals surface area (Å²) in [6.45, 7) is 3.97. The molecule has 0 spiro atoms. The number of nitrogen functional groups attached to an aromatic ring is 1. The minimum absolute atomic E-state index is 0.0163. The zero-order chi connectivity index (χ0) is 23.4. The van der Waals surface area contributed by atoms with Crippen LogP contribution in [0.3, 0.4) is 0 Å². The highest BCUT2D eigenvalue weighted by Crippen LogP contribution is 2.26. The highest BCUT2D eigenvalue weighted by atomic mass is 16.4. The van der Waals surface area contributed by atoms with E-state index in [2.05, 4.69) is 14.8 Å². The molecule has 33 heavy (non-hydrogen) atoms. The Hall–Kier alpha value is -3.72. The van der Waals surface area contributed by atoms with Crippen LogP contribution in [0, 0.1) is 5.41 Å². The number of aromatic nitrogens is 2. The number of amides is 1. The van der Waals surface area contributed by atoms with E-state index in [1.807, 2.05) is 30.3 Å². The molecule has 1 fully saturated rings. The van der Waals surface area contributed by atoms with Gasteiger partial charge in [0.2, 0.25) is 0 Å². The van der Waals surface area contributed by atoms with Gasteiger partial charge in [-0.3, -0.25) is 15.0 Å². The van der Waals surface area contributed by atoms with Crippen molar-refractivity contribution < 1.29 is 14.7 Å². The van der Waals surface area contributed by atoms with Crippen LogP contribution in [-0.2, 0) is 11.3 Å². The number of benzene rings is 2.